The van der Waals surface area contributed by atoms with Gasteiger partial charge in [0.1, 0.15) is 11.6 Å². The summed E-state index contributed by atoms with van der Waals surface area (Å²) in [6, 6.07) is 19.7. The van der Waals surface area contributed by atoms with E-state index in [-0.39, 0.29) is 5.82 Å². The zero-order valence-corrected chi connectivity index (χ0v) is 16.6. The van der Waals surface area contributed by atoms with Gasteiger partial charge in [0.2, 0.25) is 6.41 Å². The first-order chi connectivity index (χ1) is 14.6. The van der Waals surface area contributed by atoms with Crippen molar-refractivity contribution in [3.8, 4) is 16.9 Å². The quantitative estimate of drug-likeness (QED) is 0.440. The molecule has 0 aliphatic heterocycles. The number of H-pyrrole nitrogens is 1. The minimum atomic E-state index is -0.200. The standard InChI is InChI=1S/C15H12FN.C9H9NO3/c1-10-15(11-5-3-2-4-6-11)13-9-12(16)7-8-14(13)17-10;1-13-9-3-2-8(10-6-12)4-7(9)5-11/h2-9,17H,1H3;2-6H,1H3,(H,10,12). The molecule has 0 atom stereocenters. The van der Waals surface area contributed by atoms with E-state index in [0.29, 0.717) is 29.7 Å². The summed E-state index contributed by atoms with van der Waals surface area (Å²) in [4.78, 5) is 23.9. The number of nitrogens with one attached hydrogen (secondary N) is 2. The minimum absolute atomic E-state index is 0.200. The predicted octanol–water partition coefficient (Wildman–Crippen LogP) is 5.36. The third-order valence-corrected chi connectivity index (χ3v) is 4.59. The maximum Gasteiger partial charge on any atom is 0.211 e. The predicted molar refractivity (Wildman–Crippen MR) is 116 cm³/mol. The first-order valence-electron chi connectivity index (χ1n) is 9.24. The fourth-order valence-electron chi connectivity index (χ4n) is 3.26. The Balaban J connectivity index is 0.000000178. The van der Waals surface area contributed by atoms with Crippen LogP contribution in [0, 0.1) is 12.7 Å². The Bertz CT molecular complexity index is 1170. The van der Waals surface area contributed by atoms with E-state index in [4.69, 9.17) is 4.74 Å². The van der Waals surface area contributed by atoms with Crippen molar-refractivity contribution in [3.63, 3.8) is 0 Å². The van der Waals surface area contributed by atoms with Crippen molar-refractivity contribution in [3.05, 3.63) is 83.8 Å². The van der Waals surface area contributed by atoms with Crippen LogP contribution in [0.25, 0.3) is 22.0 Å². The molecule has 0 fully saturated rings. The van der Waals surface area contributed by atoms with Gasteiger partial charge in [-0.1, -0.05) is 30.3 Å². The molecule has 0 saturated carbocycles. The van der Waals surface area contributed by atoms with Crippen LogP contribution in [-0.4, -0.2) is 24.8 Å². The van der Waals surface area contributed by atoms with Gasteiger partial charge in [-0.2, -0.15) is 0 Å². The highest BCUT2D eigenvalue weighted by molar-refractivity contribution is 5.97. The first kappa shape index (κ1) is 20.8. The van der Waals surface area contributed by atoms with E-state index in [1.165, 1.54) is 13.2 Å². The van der Waals surface area contributed by atoms with E-state index >= 15 is 0 Å². The molecule has 0 bridgehead atoms. The van der Waals surface area contributed by atoms with Crippen molar-refractivity contribution in [2.75, 3.05) is 12.4 Å². The Morgan fingerprint density at radius 3 is 2.43 bits per heavy atom. The van der Waals surface area contributed by atoms with Crippen molar-refractivity contribution in [2.24, 2.45) is 0 Å². The number of hydrogen-bond donors (Lipinski definition) is 2. The Labute approximate surface area is 173 Å². The van der Waals surface area contributed by atoms with Crippen molar-refractivity contribution in [1.29, 1.82) is 0 Å². The number of amides is 1. The lowest BCUT2D eigenvalue weighted by atomic mass is 10.0. The van der Waals surface area contributed by atoms with Crippen LogP contribution in [0.5, 0.6) is 5.75 Å². The number of carbonyl (C=O) groups is 2. The molecular weight excluding hydrogens is 383 g/mol. The van der Waals surface area contributed by atoms with Gasteiger partial charge >= 0.3 is 0 Å². The number of benzene rings is 3. The maximum atomic E-state index is 13.3. The molecule has 0 radical (unpaired) electrons. The maximum absolute atomic E-state index is 13.3. The number of hydrogen-bond acceptors (Lipinski definition) is 3. The van der Waals surface area contributed by atoms with Crippen LogP contribution in [0.2, 0.25) is 0 Å². The van der Waals surface area contributed by atoms with Crippen molar-refractivity contribution >= 4 is 29.3 Å². The molecule has 2 N–H and O–H groups in total. The molecule has 1 heterocycles. The Kier molecular flexibility index (Phi) is 6.60. The second kappa shape index (κ2) is 9.52. The molecule has 30 heavy (non-hydrogen) atoms. The molecule has 1 amide bonds. The molecule has 0 spiro atoms. The molecule has 5 nitrogen and oxygen atoms in total. The zero-order valence-electron chi connectivity index (χ0n) is 16.6. The minimum Gasteiger partial charge on any atom is -0.496 e. The number of anilines is 1. The average Bonchev–Trinajstić information content (AvgIpc) is 3.09. The molecule has 0 aliphatic rings. The molecule has 3 aromatic carbocycles. The summed E-state index contributed by atoms with van der Waals surface area (Å²) in [6.07, 6.45) is 1.23. The number of carbonyl (C=O) groups excluding carboxylic acids is 2. The lowest BCUT2D eigenvalue weighted by Crippen LogP contribution is -1.96. The third-order valence-electron chi connectivity index (χ3n) is 4.59. The summed E-state index contributed by atoms with van der Waals surface area (Å²) in [5.41, 5.74) is 5.22. The molecule has 0 aliphatic carbocycles. The van der Waals surface area contributed by atoms with E-state index < -0.39 is 0 Å². The van der Waals surface area contributed by atoms with E-state index in [9.17, 15) is 14.0 Å². The van der Waals surface area contributed by atoms with E-state index in [1.807, 2.05) is 37.3 Å². The lowest BCUT2D eigenvalue weighted by Gasteiger charge is -2.04. The van der Waals surface area contributed by atoms with Gasteiger partial charge in [0.25, 0.3) is 0 Å². The number of rotatable bonds is 5. The van der Waals surface area contributed by atoms with Crippen LogP contribution in [-0.2, 0) is 4.79 Å². The molecule has 1 aromatic heterocycles. The fourth-order valence-corrected chi connectivity index (χ4v) is 3.26. The van der Waals surface area contributed by atoms with Gasteiger partial charge < -0.3 is 15.0 Å². The zero-order chi connectivity index (χ0) is 21.5. The molecule has 4 aromatic rings. The van der Waals surface area contributed by atoms with Gasteiger partial charge in [-0.05, 0) is 48.9 Å². The molecular formula is C24H21FN2O3. The van der Waals surface area contributed by atoms with E-state index in [1.54, 1.807) is 30.3 Å². The monoisotopic (exact) mass is 404 g/mol. The number of ether oxygens (including phenoxy) is 1. The number of aromatic nitrogens is 1. The largest absolute Gasteiger partial charge is 0.496 e. The highest BCUT2D eigenvalue weighted by atomic mass is 19.1. The summed E-state index contributed by atoms with van der Waals surface area (Å²) in [7, 11) is 1.48. The number of methoxy groups -OCH3 is 1. The van der Waals surface area contributed by atoms with Gasteiger partial charge in [0, 0.05) is 27.8 Å². The summed E-state index contributed by atoms with van der Waals surface area (Å²) >= 11 is 0. The smallest absolute Gasteiger partial charge is 0.211 e. The number of fused-ring (bicyclic) bond motifs is 1. The van der Waals surface area contributed by atoms with Gasteiger partial charge in [-0.15, -0.1) is 0 Å². The Morgan fingerprint density at radius 1 is 1.00 bits per heavy atom. The molecule has 0 unspecified atom stereocenters. The second-order valence-electron chi connectivity index (χ2n) is 6.52. The van der Waals surface area contributed by atoms with Crippen LogP contribution in [0.1, 0.15) is 16.1 Å². The van der Waals surface area contributed by atoms with Gasteiger partial charge in [-0.25, -0.2) is 4.39 Å². The summed E-state index contributed by atoms with van der Waals surface area (Å²) in [6.45, 7) is 2.01. The highest BCUT2D eigenvalue weighted by Crippen LogP contribution is 2.32. The van der Waals surface area contributed by atoms with Crippen LogP contribution >= 0.6 is 0 Å². The molecule has 4 rings (SSSR count). The second-order valence-corrected chi connectivity index (χ2v) is 6.52. The van der Waals surface area contributed by atoms with E-state index in [2.05, 4.69) is 10.3 Å². The van der Waals surface area contributed by atoms with Crippen LogP contribution in [0.15, 0.2) is 66.7 Å². The number of aldehydes is 1. The summed E-state index contributed by atoms with van der Waals surface area (Å²) in [5.74, 6) is 0.292. The average molecular weight is 404 g/mol. The lowest BCUT2D eigenvalue weighted by molar-refractivity contribution is -0.105. The van der Waals surface area contributed by atoms with Crippen molar-refractivity contribution < 1.29 is 18.7 Å². The van der Waals surface area contributed by atoms with Crippen molar-refractivity contribution in [2.45, 2.75) is 6.92 Å². The fraction of sp³-hybridized carbons (Fsp3) is 0.0833. The number of aromatic amines is 1. The molecule has 6 heteroatoms. The first-order valence-corrected chi connectivity index (χ1v) is 9.24. The number of aryl methyl sites for hydroxylation is 1. The van der Waals surface area contributed by atoms with Crippen LogP contribution in [0.4, 0.5) is 10.1 Å². The van der Waals surface area contributed by atoms with Crippen LogP contribution in [0.3, 0.4) is 0 Å². The Morgan fingerprint density at radius 2 is 1.77 bits per heavy atom. The molecule has 152 valence electrons. The van der Waals surface area contributed by atoms with Crippen molar-refractivity contribution in [1.82, 2.24) is 4.98 Å². The van der Waals surface area contributed by atoms with Gasteiger partial charge in [0.05, 0.1) is 12.7 Å². The van der Waals surface area contributed by atoms with Gasteiger partial charge in [0.15, 0.2) is 6.29 Å². The normalized spacial score (nSPS) is 10.1. The number of halogens is 1. The van der Waals surface area contributed by atoms with Gasteiger partial charge in [-0.3, -0.25) is 9.59 Å². The van der Waals surface area contributed by atoms with Crippen LogP contribution < -0.4 is 10.1 Å². The third kappa shape index (κ3) is 4.55. The SMILES string of the molecule is COc1ccc(NC=O)cc1C=O.Cc1[nH]c2ccc(F)cc2c1-c1ccccc1. The molecule has 0 saturated heterocycles. The summed E-state index contributed by atoms with van der Waals surface area (Å²) < 4.78 is 18.2. The van der Waals surface area contributed by atoms with E-state index in [0.717, 1.165) is 27.7 Å². The summed E-state index contributed by atoms with van der Waals surface area (Å²) in [5, 5.41) is 3.38. The highest BCUT2D eigenvalue weighted by Gasteiger charge is 2.10. The Hall–Kier alpha value is -3.93. The topological polar surface area (TPSA) is 71.2 Å².